The van der Waals surface area contributed by atoms with Gasteiger partial charge in [-0.1, -0.05) is 0 Å². The molecule has 0 N–H and O–H groups in total. The predicted octanol–water partition coefficient (Wildman–Crippen LogP) is -5.21. The Morgan fingerprint density at radius 2 is 1.20 bits per heavy atom. The molecule has 0 bridgehead atoms. The maximum atomic E-state index is 2.21. The van der Waals surface area contributed by atoms with Gasteiger partial charge in [-0.3, -0.25) is 0 Å². The van der Waals surface area contributed by atoms with E-state index in [9.17, 15) is 0 Å². The fourth-order valence-electron chi connectivity index (χ4n) is 0. The van der Waals surface area contributed by atoms with Gasteiger partial charge in [-0.25, -0.2) is 0 Å². The van der Waals surface area contributed by atoms with Crippen molar-refractivity contribution in [2.45, 2.75) is 11.6 Å². The second kappa shape index (κ2) is 18.1. The van der Waals surface area contributed by atoms with Crippen LogP contribution in [0.1, 0.15) is 0 Å². The van der Waals surface area contributed by atoms with E-state index in [0.29, 0.717) is 0 Å². The van der Waals surface area contributed by atoms with E-state index in [0.717, 1.165) is 15.2 Å². The molecule has 0 nitrogen and oxygen atoms in total. The van der Waals surface area contributed by atoms with Crippen LogP contribution in [0.4, 0.5) is 0 Å². The molecule has 0 aliphatic rings. The van der Waals surface area contributed by atoms with Crippen LogP contribution >= 0.6 is 0 Å². The van der Waals surface area contributed by atoms with E-state index >= 15 is 0 Å². The number of hydrogen-bond acceptors (Lipinski definition) is 0. The Morgan fingerprint density at radius 1 is 1.20 bits per heavy atom. The molecule has 0 saturated heterocycles. The molecule has 0 aliphatic heterocycles. The predicted molar refractivity (Wildman–Crippen MR) is 17.5 cm³/mol. The minimum atomic E-state index is 0. The summed E-state index contributed by atoms with van der Waals surface area (Å²) in [6.07, 6.45) is 0. The van der Waals surface area contributed by atoms with Crippen molar-refractivity contribution in [2.24, 2.45) is 0 Å². The molecule has 0 amide bonds. The molecule has 0 saturated carbocycles. The molecule has 0 aromatic carbocycles. The first-order valence-electron chi connectivity index (χ1n) is 1.15. The quantitative estimate of drug-likeness (QED) is 0.266. The summed E-state index contributed by atoms with van der Waals surface area (Å²) in [5.74, 6) is 4.42. The third-order valence-electron chi connectivity index (χ3n) is 0. The first-order chi connectivity index (χ1) is 1.41. The molecular formula is C2H6AlClLi. The zero-order valence-corrected chi connectivity index (χ0v) is 5.87. The third kappa shape index (κ3) is 31.4. The van der Waals surface area contributed by atoms with Gasteiger partial charge in [-0.2, -0.15) is 0 Å². The van der Waals surface area contributed by atoms with E-state index in [-0.39, 0.29) is 31.3 Å². The first kappa shape index (κ1) is 16.1. The van der Waals surface area contributed by atoms with Crippen LogP contribution in [0.5, 0.6) is 0 Å². The Balaban J connectivity index is -0.0000000200. The van der Waals surface area contributed by atoms with Crippen molar-refractivity contribution in [1.29, 1.82) is 0 Å². The first-order valence-corrected chi connectivity index (χ1v) is 3.46. The minimum Gasteiger partial charge on any atom is -1.00 e. The summed E-state index contributed by atoms with van der Waals surface area (Å²) in [5.41, 5.74) is 0. The zero-order chi connectivity index (χ0) is 2.71. The van der Waals surface area contributed by atoms with Gasteiger partial charge in [0.2, 0.25) is 0 Å². The van der Waals surface area contributed by atoms with Gasteiger partial charge < -0.3 is 12.4 Å². The van der Waals surface area contributed by atoms with Crippen LogP contribution in [0.3, 0.4) is 0 Å². The Kier molecular flexibility index (Phi) is 58.3. The molecule has 5 heavy (non-hydrogen) atoms. The average Bonchev–Trinajstić information content (AvgIpc) is 0.918. The van der Waals surface area contributed by atoms with Gasteiger partial charge in [-0.05, 0) is 0 Å². The molecule has 3 heteroatoms. The third-order valence-corrected chi connectivity index (χ3v) is 0. The van der Waals surface area contributed by atoms with Crippen molar-refractivity contribution in [1.82, 2.24) is 0 Å². The summed E-state index contributed by atoms with van der Waals surface area (Å²) >= 11 is 0.750. The van der Waals surface area contributed by atoms with E-state index in [1.807, 2.05) is 0 Å². The average molecular weight is 99.4 g/mol. The maximum absolute atomic E-state index is 2.21. The van der Waals surface area contributed by atoms with Crippen molar-refractivity contribution >= 4 is 15.2 Å². The Hall–Kier alpha value is 1.42. The molecule has 0 unspecified atom stereocenters. The van der Waals surface area contributed by atoms with Crippen LogP contribution in [0.15, 0.2) is 0 Å². The topological polar surface area (TPSA) is 0 Å². The molecule has 0 spiro atoms. The molecule has 0 aliphatic carbocycles. The van der Waals surface area contributed by atoms with E-state index < -0.39 is 0 Å². The van der Waals surface area contributed by atoms with Crippen LogP contribution in [-0.2, 0) is 0 Å². The van der Waals surface area contributed by atoms with Gasteiger partial charge in [0, 0.05) is 0 Å². The van der Waals surface area contributed by atoms with Gasteiger partial charge in [-0.15, -0.1) is 11.6 Å². The minimum absolute atomic E-state index is 0. The molecule has 0 fully saturated rings. The van der Waals surface area contributed by atoms with Crippen molar-refractivity contribution in [3.8, 4) is 0 Å². The van der Waals surface area contributed by atoms with Crippen molar-refractivity contribution in [2.75, 3.05) is 0 Å². The van der Waals surface area contributed by atoms with Gasteiger partial charge in [0.15, 0.2) is 15.2 Å². The monoisotopic (exact) mass is 99.0 g/mol. The number of rotatable bonds is 0. The Labute approximate surface area is 58.0 Å². The fraction of sp³-hybridized carbons (Fsp3) is 1.00. The molecule has 0 heterocycles. The molecule has 0 aromatic heterocycles. The normalized spacial score (nSPS) is 2.80. The summed E-state index contributed by atoms with van der Waals surface area (Å²) in [6.45, 7) is 0. The van der Waals surface area contributed by atoms with E-state index in [1.54, 1.807) is 0 Å². The van der Waals surface area contributed by atoms with E-state index in [1.165, 1.54) is 0 Å². The van der Waals surface area contributed by atoms with Crippen molar-refractivity contribution in [3.05, 3.63) is 0 Å². The molecule has 0 rings (SSSR count). The molecule has 25 valence electrons. The number of halogens is 1. The van der Waals surface area contributed by atoms with Gasteiger partial charge in [0.05, 0.1) is 0 Å². The van der Waals surface area contributed by atoms with Gasteiger partial charge >= 0.3 is 18.9 Å². The van der Waals surface area contributed by atoms with E-state index in [4.69, 9.17) is 0 Å². The van der Waals surface area contributed by atoms with E-state index in [2.05, 4.69) is 11.6 Å². The fourth-order valence-corrected chi connectivity index (χ4v) is 0. The standard InChI is InChI=1S/2CH3.Al.ClH.Li/h2*1H3;;1H;/q;;;;+1/p-1. The zero-order valence-electron chi connectivity index (χ0n) is 3.96. The van der Waals surface area contributed by atoms with Crippen LogP contribution in [0.2, 0.25) is 11.6 Å². The molecule has 0 aromatic rings. The summed E-state index contributed by atoms with van der Waals surface area (Å²) in [7, 11) is 0. The van der Waals surface area contributed by atoms with Crippen molar-refractivity contribution < 1.29 is 31.3 Å². The summed E-state index contributed by atoms with van der Waals surface area (Å²) in [4.78, 5) is 0. The second-order valence-electron chi connectivity index (χ2n) is 0.577. The molecule has 1 radical (unpaired) electrons. The van der Waals surface area contributed by atoms with Crippen LogP contribution in [0, 0.1) is 0 Å². The van der Waals surface area contributed by atoms with Crippen molar-refractivity contribution in [3.63, 3.8) is 0 Å². The Morgan fingerprint density at radius 3 is 1.20 bits per heavy atom. The molecular weight excluding hydrogens is 93.4 g/mol. The van der Waals surface area contributed by atoms with Crippen LogP contribution < -0.4 is 31.3 Å². The molecule has 0 atom stereocenters. The summed E-state index contributed by atoms with van der Waals surface area (Å²) in [6, 6.07) is 0. The second-order valence-corrected chi connectivity index (χ2v) is 1.73. The SMILES string of the molecule is [CH3][Al][CH3].[Cl-].[Li+]. The number of hydrogen-bond donors (Lipinski definition) is 0. The summed E-state index contributed by atoms with van der Waals surface area (Å²) in [5, 5.41) is 0. The smallest absolute Gasteiger partial charge is 1.00 e. The largest absolute Gasteiger partial charge is 1.00 e. The Bertz CT molecular complexity index is 9.61. The van der Waals surface area contributed by atoms with Gasteiger partial charge in [0.25, 0.3) is 0 Å². The van der Waals surface area contributed by atoms with Gasteiger partial charge in [0.1, 0.15) is 0 Å². The van der Waals surface area contributed by atoms with Crippen LogP contribution in [0.25, 0.3) is 0 Å². The summed E-state index contributed by atoms with van der Waals surface area (Å²) < 4.78 is 0. The maximum Gasteiger partial charge on any atom is 1.00 e. The van der Waals surface area contributed by atoms with Crippen LogP contribution in [-0.4, -0.2) is 15.2 Å².